The average Bonchev–Trinajstić information content (AvgIpc) is 3.06. The minimum absolute atomic E-state index is 0.0555. The van der Waals surface area contributed by atoms with Crippen LogP contribution in [0.2, 0.25) is 0 Å². The van der Waals surface area contributed by atoms with Crippen molar-refractivity contribution in [3.8, 4) is 0 Å². The molecule has 24 heavy (non-hydrogen) atoms. The molecule has 2 aromatic rings. The Hall–Kier alpha value is -2.35. The van der Waals surface area contributed by atoms with Gasteiger partial charge in [0.1, 0.15) is 0 Å². The first kappa shape index (κ1) is 18.0. The van der Waals surface area contributed by atoms with E-state index in [1.807, 2.05) is 0 Å². The molecule has 0 aliphatic heterocycles. The van der Waals surface area contributed by atoms with Crippen LogP contribution in [-0.4, -0.2) is 24.9 Å². The van der Waals surface area contributed by atoms with Gasteiger partial charge in [0, 0.05) is 17.5 Å². The summed E-state index contributed by atoms with van der Waals surface area (Å²) in [5.41, 5.74) is -0.121. The van der Waals surface area contributed by atoms with Crippen LogP contribution in [-0.2, 0) is 17.4 Å². The normalized spacial score (nSPS) is 11.1. The zero-order valence-corrected chi connectivity index (χ0v) is 13.3. The van der Waals surface area contributed by atoms with Crippen molar-refractivity contribution in [1.29, 1.82) is 0 Å². The van der Waals surface area contributed by atoms with E-state index < -0.39 is 17.6 Å². The van der Waals surface area contributed by atoms with Crippen LogP contribution in [0.4, 0.5) is 13.2 Å². The number of nitrogens with one attached hydrogen (secondary N) is 2. The standard InChI is InChI=1S/C16H15F3N2O2S/c17-16(18,19)13-4-2-1-3-11(13)5-7-20-14(22)9-21-15(23)12-6-8-24-10-12/h1-4,6,8,10H,5,7,9H2,(H,20,22)(H,21,23). The molecule has 0 aliphatic rings. The van der Waals surface area contributed by atoms with E-state index >= 15 is 0 Å². The van der Waals surface area contributed by atoms with Crippen molar-refractivity contribution in [2.75, 3.05) is 13.1 Å². The maximum atomic E-state index is 12.8. The van der Waals surface area contributed by atoms with Crippen LogP contribution in [0.1, 0.15) is 21.5 Å². The molecule has 0 fully saturated rings. The summed E-state index contributed by atoms with van der Waals surface area (Å²) in [6.07, 6.45) is -4.37. The van der Waals surface area contributed by atoms with Crippen molar-refractivity contribution in [3.05, 3.63) is 57.8 Å². The number of hydrogen-bond donors (Lipinski definition) is 2. The molecule has 1 heterocycles. The van der Waals surface area contributed by atoms with Gasteiger partial charge in [-0.15, -0.1) is 0 Å². The first-order valence-electron chi connectivity index (χ1n) is 7.10. The molecule has 0 aliphatic carbocycles. The Kier molecular flexibility index (Phi) is 5.97. The number of hydrogen-bond acceptors (Lipinski definition) is 3. The van der Waals surface area contributed by atoms with Crippen LogP contribution < -0.4 is 10.6 Å². The number of thiophene rings is 1. The van der Waals surface area contributed by atoms with Crippen molar-refractivity contribution < 1.29 is 22.8 Å². The molecule has 2 N–H and O–H groups in total. The molecule has 0 unspecified atom stereocenters. The molecule has 2 rings (SSSR count). The molecule has 0 saturated heterocycles. The van der Waals surface area contributed by atoms with Gasteiger partial charge in [-0.25, -0.2) is 0 Å². The Morgan fingerprint density at radius 1 is 1.08 bits per heavy atom. The molecule has 0 spiro atoms. The van der Waals surface area contributed by atoms with Crippen molar-refractivity contribution in [3.63, 3.8) is 0 Å². The molecule has 0 bridgehead atoms. The van der Waals surface area contributed by atoms with Crippen molar-refractivity contribution in [2.24, 2.45) is 0 Å². The van der Waals surface area contributed by atoms with Gasteiger partial charge in [0.05, 0.1) is 12.1 Å². The summed E-state index contributed by atoms with van der Waals surface area (Å²) in [5.74, 6) is -0.822. The van der Waals surface area contributed by atoms with Crippen molar-refractivity contribution in [2.45, 2.75) is 12.6 Å². The Balaban J connectivity index is 1.78. The van der Waals surface area contributed by atoms with Gasteiger partial charge >= 0.3 is 6.18 Å². The quantitative estimate of drug-likeness (QED) is 0.836. The lowest BCUT2D eigenvalue weighted by Crippen LogP contribution is -2.37. The van der Waals surface area contributed by atoms with E-state index in [0.29, 0.717) is 5.56 Å². The number of rotatable bonds is 6. The van der Waals surface area contributed by atoms with Gasteiger partial charge in [-0.2, -0.15) is 24.5 Å². The summed E-state index contributed by atoms with van der Waals surface area (Å²) in [7, 11) is 0. The second-order valence-corrected chi connectivity index (χ2v) is 5.73. The lowest BCUT2D eigenvalue weighted by molar-refractivity contribution is -0.138. The molecular formula is C16H15F3N2O2S. The smallest absolute Gasteiger partial charge is 0.354 e. The van der Waals surface area contributed by atoms with E-state index in [9.17, 15) is 22.8 Å². The van der Waals surface area contributed by atoms with Gasteiger partial charge in [-0.05, 0) is 29.5 Å². The van der Waals surface area contributed by atoms with E-state index in [1.165, 1.54) is 29.5 Å². The fourth-order valence-corrected chi connectivity index (χ4v) is 2.71. The summed E-state index contributed by atoms with van der Waals surface area (Å²) >= 11 is 1.36. The third-order valence-corrected chi connectivity index (χ3v) is 3.92. The molecular weight excluding hydrogens is 341 g/mol. The van der Waals surface area contributed by atoms with Gasteiger partial charge in [0.2, 0.25) is 5.91 Å². The maximum Gasteiger partial charge on any atom is 0.416 e. The van der Waals surface area contributed by atoms with E-state index in [4.69, 9.17) is 0 Å². The Morgan fingerprint density at radius 2 is 1.83 bits per heavy atom. The molecule has 0 saturated carbocycles. The summed E-state index contributed by atoms with van der Waals surface area (Å²) in [6.45, 7) is -0.171. The molecule has 128 valence electrons. The summed E-state index contributed by atoms with van der Waals surface area (Å²) in [5, 5.41) is 8.33. The number of alkyl halides is 3. The largest absolute Gasteiger partial charge is 0.416 e. The SMILES string of the molecule is O=C(CNC(=O)c1ccsc1)NCCc1ccccc1C(F)(F)F. The highest BCUT2D eigenvalue weighted by Crippen LogP contribution is 2.31. The zero-order chi connectivity index (χ0) is 17.6. The van der Waals surface area contributed by atoms with Crippen LogP contribution >= 0.6 is 11.3 Å². The molecule has 8 heteroatoms. The second-order valence-electron chi connectivity index (χ2n) is 4.95. The van der Waals surface area contributed by atoms with Gasteiger partial charge in [0.15, 0.2) is 0 Å². The summed E-state index contributed by atoms with van der Waals surface area (Å²) in [6, 6.07) is 6.87. The predicted molar refractivity (Wildman–Crippen MR) is 84.8 cm³/mol. The van der Waals surface area contributed by atoms with Crippen LogP contribution in [0.25, 0.3) is 0 Å². The maximum absolute atomic E-state index is 12.8. The minimum atomic E-state index is -4.42. The number of carbonyl (C=O) groups excluding carboxylic acids is 2. The fourth-order valence-electron chi connectivity index (χ4n) is 2.07. The summed E-state index contributed by atoms with van der Waals surface area (Å²) in [4.78, 5) is 23.3. The second kappa shape index (κ2) is 7.96. The molecule has 4 nitrogen and oxygen atoms in total. The number of carbonyl (C=O) groups is 2. The predicted octanol–water partition coefficient (Wildman–Crippen LogP) is 2.86. The molecule has 2 amide bonds. The Morgan fingerprint density at radius 3 is 2.50 bits per heavy atom. The van der Waals surface area contributed by atoms with E-state index in [0.717, 1.165) is 6.07 Å². The van der Waals surface area contributed by atoms with Crippen LogP contribution in [0, 0.1) is 0 Å². The zero-order valence-electron chi connectivity index (χ0n) is 12.5. The molecule has 1 aromatic heterocycles. The molecule has 0 atom stereocenters. The third-order valence-electron chi connectivity index (χ3n) is 3.23. The summed E-state index contributed by atoms with van der Waals surface area (Å²) < 4.78 is 38.5. The van der Waals surface area contributed by atoms with E-state index in [1.54, 1.807) is 16.8 Å². The minimum Gasteiger partial charge on any atom is -0.354 e. The van der Waals surface area contributed by atoms with Crippen molar-refractivity contribution in [1.82, 2.24) is 10.6 Å². The lowest BCUT2D eigenvalue weighted by Gasteiger charge is -2.13. The van der Waals surface area contributed by atoms with Crippen LogP contribution in [0.3, 0.4) is 0 Å². The Bertz CT molecular complexity index is 700. The molecule has 1 aromatic carbocycles. The van der Waals surface area contributed by atoms with Crippen molar-refractivity contribution >= 4 is 23.2 Å². The fraction of sp³-hybridized carbons (Fsp3) is 0.250. The third kappa shape index (κ3) is 5.09. The first-order chi connectivity index (χ1) is 11.4. The lowest BCUT2D eigenvalue weighted by atomic mass is 10.0. The first-order valence-corrected chi connectivity index (χ1v) is 8.04. The van der Waals surface area contributed by atoms with E-state index in [-0.39, 0.29) is 31.0 Å². The number of benzene rings is 1. The van der Waals surface area contributed by atoms with Gasteiger partial charge in [-0.3, -0.25) is 9.59 Å². The average molecular weight is 356 g/mol. The molecule has 0 radical (unpaired) electrons. The highest BCUT2D eigenvalue weighted by atomic mass is 32.1. The topological polar surface area (TPSA) is 58.2 Å². The number of amides is 2. The van der Waals surface area contributed by atoms with E-state index in [2.05, 4.69) is 10.6 Å². The van der Waals surface area contributed by atoms with Gasteiger partial charge in [0.25, 0.3) is 5.91 Å². The Labute approximate surface area is 140 Å². The van der Waals surface area contributed by atoms with Crippen LogP contribution in [0.15, 0.2) is 41.1 Å². The van der Waals surface area contributed by atoms with Crippen LogP contribution in [0.5, 0.6) is 0 Å². The van der Waals surface area contributed by atoms with Gasteiger partial charge < -0.3 is 10.6 Å². The highest BCUT2D eigenvalue weighted by Gasteiger charge is 2.32. The monoisotopic (exact) mass is 356 g/mol. The van der Waals surface area contributed by atoms with Gasteiger partial charge in [-0.1, -0.05) is 18.2 Å². The number of halogens is 3. The highest BCUT2D eigenvalue weighted by molar-refractivity contribution is 7.08.